The van der Waals surface area contributed by atoms with E-state index < -0.39 is 8.07 Å². The van der Waals surface area contributed by atoms with Crippen LogP contribution in [0.2, 0.25) is 19.6 Å². The van der Waals surface area contributed by atoms with Crippen molar-refractivity contribution in [2.45, 2.75) is 19.6 Å². The normalized spacial score (nSPS) is 10.7. The zero-order valence-corrected chi connectivity index (χ0v) is 9.72. The van der Waals surface area contributed by atoms with Gasteiger partial charge in [0.1, 0.15) is 0 Å². The van der Waals surface area contributed by atoms with Crippen molar-refractivity contribution < 1.29 is 21.1 Å². The second kappa shape index (κ2) is 3.59. The summed E-state index contributed by atoms with van der Waals surface area (Å²) in [5, 5.41) is 1.56. The van der Waals surface area contributed by atoms with Crippen LogP contribution >= 0.6 is 0 Å². The van der Waals surface area contributed by atoms with Crippen LogP contribution < -0.4 is 5.19 Å². The van der Waals surface area contributed by atoms with Gasteiger partial charge in [-0.2, -0.15) is 17.3 Å². The van der Waals surface area contributed by atoms with Crippen LogP contribution in [0.3, 0.4) is 0 Å². The minimum Gasteiger partial charge on any atom is -0.214 e. The Morgan fingerprint density at radius 1 is 1.00 bits per heavy atom. The topological polar surface area (TPSA) is 0 Å². The summed E-state index contributed by atoms with van der Waals surface area (Å²) in [4.78, 5) is 0. The minimum atomic E-state index is -0.981. The summed E-state index contributed by atoms with van der Waals surface area (Å²) in [6, 6.07) is 8.69. The van der Waals surface area contributed by atoms with E-state index in [0.29, 0.717) is 0 Å². The van der Waals surface area contributed by atoms with Gasteiger partial charge in [-0.3, -0.25) is 0 Å². The Kier molecular flexibility index (Phi) is 3.68. The zero-order chi connectivity index (χ0) is 6.91. The van der Waals surface area contributed by atoms with E-state index in [-0.39, 0.29) is 21.1 Å². The van der Waals surface area contributed by atoms with E-state index in [9.17, 15) is 0 Å². The molecule has 0 atom stereocenters. The third kappa shape index (κ3) is 2.47. The molecular weight excluding hydrogens is 220 g/mol. The first-order valence-corrected chi connectivity index (χ1v) is 6.83. The van der Waals surface area contributed by atoms with Crippen LogP contribution in [-0.4, -0.2) is 8.07 Å². The van der Waals surface area contributed by atoms with E-state index in [1.807, 2.05) is 0 Å². The Balaban J connectivity index is 0.000000810. The Hall–Kier alpha value is 0.255. The van der Waals surface area contributed by atoms with Gasteiger partial charge < -0.3 is 0 Å². The number of rotatable bonds is 1. The van der Waals surface area contributed by atoms with Gasteiger partial charge in [-0.1, -0.05) is 19.6 Å². The first-order chi connectivity index (χ1) is 4.11. The van der Waals surface area contributed by atoms with Crippen LogP contribution in [0, 0.1) is 0 Å². The molecule has 0 amide bonds. The van der Waals surface area contributed by atoms with Gasteiger partial charge in [0.15, 0.2) is 0 Å². The molecule has 0 spiro atoms. The molecule has 1 aromatic carbocycles. The molecule has 1 aromatic rings. The third-order valence-corrected chi connectivity index (χ3v) is 3.59. The Morgan fingerprint density at radius 3 is 1.60 bits per heavy atom. The molecule has 0 N–H and O–H groups in total. The maximum Gasteiger partial charge on any atom is 0.0147 e. The second-order valence-electron chi connectivity index (χ2n) is 3.42. The van der Waals surface area contributed by atoms with E-state index in [2.05, 4.69) is 43.9 Å². The van der Waals surface area contributed by atoms with Crippen molar-refractivity contribution in [1.82, 2.24) is 0 Å². The molecule has 56 valence electrons. The first kappa shape index (κ1) is 10.3. The van der Waals surface area contributed by atoms with E-state index in [1.54, 1.807) is 5.19 Å². The van der Waals surface area contributed by atoms with E-state index in [4.69, 9.17) is 0 Å². The molecule has 0 heterocycles. The van der Waals surface area contributed by atoms with Gasteiger partial charge in [-0.15, -0.1) is 0 Å². The number of hydrogen-bond donors (Lipinski definition) is 0. The predicted octanol–water partition coefficient (Wildman–Crippen LogP) is 1.95. The monoisotopic (exact) mass is 235 g/mol. The summed E-state index contributed by atoms with van der Waals surface area (Å²) in [6.07, 6.45) is 0. The molecule has 0 aliphatic heterocycles. The zero-order valence-electron chi connectivity index (χ0n) is 6.72. The predicted molar refractivity (Wildman–Crippen MR) is 45.0 cm³/mol. The molecule has 0 bridgehead atoms. The van der Waals surface area contributed by atoms with Gasteiger partial charge in [-0.25, -0.2) is 12.1 Å². The van der Waals surface area contributed by atoms with Crippen molar-refractivity contribution in [3.63, 3.8) is 0 Å². The maximum atomic E-state index is 2.36. The van der Waals surface area contributed by atoms with Crippen LogP contribution in [0.15, 0.2) is 24.3 Å². The molecule has 0 aromatic heterocycles. The first-order valence-electron chi connectivity index (χ1n) is 3.33. The molecule has 0 fully saturated rings. The summed E-state index contributed by atoms with van der Waals surface area (Å²) < 4.78 is 0. The van der Waals surface area contributed by atoms with E-state index >= 15 is 0 Å². The van der Waals surface area contributed by atoms with Gasteiger partial charge in [0.2, 0.25) is 0 Å². The molecule has 0 unspecified atom stereocenters. The Bertz CT molecular complexity index is 172. The summed E-state index contributed by atoms with van der Waals surface area (Å²) in [6.45, 7) is 7.09. The van der Waals surface area contributed by atoms with Crippen LogP contribution in [0.25, 0.3) is 0 Å². The van der Waals surface area contributed by atoms with Gasteiger partial charge in [-0.05, 0) is 0 Å². The molecule has 0 aliphatic rings. The van der Waals surface area contributed by atoms with Crippen LogP contribution in [-0.2, 0) is 21.1 Å². The number of hydrogen-bond acceptors (Lipinski definition) is 0. The van der Waals surface area contributed by atoms with Crippen LogP contribution in [0.5, 0.6) is 0 Å². The maximum absolute atomic E-state index is 2.36. The molecule has 2 heteroatoms. The molecule has 1 rings (SSSR count). The SMILES string of the molecule is C[Si](C)(C)[c-]1cccc1.[Mo]. The third-order valence-electron chi connectivity index (χ3n) is 1.53. The van der Waals surface area contributed by atoms with Crippen molar-refractivity contribution in [2.75, 3.05) is 0 Å². The molecule has 0 saturated heterocycles. The molecule has 0 radical (unpaired) electrons. The largest absolute Gasteiger partial charge is 0.214 e. The van der Waals surface area contributed by atoms with Crippen molar-refractivity contribution in [3.8, 4) is 0 Å². The minimum absolute atomic E-state index is 0. The van der Waals surface area contributed by atoms with Crippen molar-refractivity contribution in [2.24, 2.45) is 0 Å². The smallest absolute Gasteiger partial charge is 0.0147 e. The molecule has 0 aliphatic carbocycles. The fourth-order valence-corrected chi connectivity index (χ4v) is 2.07. The van der Waals surface area contributed by atoms with Gasteiger partial charge in [0, 0.05) is 29.1 Å². The molecular formula is C8H13MoSi-. The van der Waals surface area contributed by atoms with Gasteiger partial charge >= 0.3 is 0 Å². The van der Waals surface area contributed by atoms with Crippen molar-refractivity contribution in [3.05, 3.63) is 24.3 Å². The summed E-state index contributed by atoms with van der Waals surface area (Å²) in [5.74, 6) is 0. The summed E-state index contributed by atoms with van der Waals surface area (Å²) in [7, 11) is -0.981. The molecule has 0 saturated carbocycles. The Labute approximate surface area is 78.3 Å². The fourth-order valence-electron chi connectivity index (χ4n) is 0.874. The molecule has 0 nitrogen and oxygen atoms in total. The average Bonchev–Trinajstić information content (AvgIpc) is 2.08. The van der Waals surface area contributed by atoms with E-state index in [0.717, 1.165) is 0 Å². The van der Waals surface area contributed by atoms with E-state index in [1.165, 1.54) is 0 Å². The standard InChI is InChI=1S/C8H13Si.Mo/c1-9(2,3)8-6-4-5-7-8;/h4-7H,1-3H3;/q-1;. The summed E-state index contributed by atoms with van der Waals surface area (Å²) >= 11 is 0. The van der Waals surface area contributed by atoms with Crippen LogP contribution in [0.4, 0.5) is 0 Å². The van der Waals surface area contributed by atoms with Crippen molar-refractivity contribution in [1.29, 1.82) is 0 Å². The summed E-state index contributed by atoms with van der Waals surface area (Å²) in [5.41, 5.74) is 0. The van der Waals surface area contributed by atoms with Crippen molar-refractivity contribution >= 4 is 13.3 Å². The average molecular weight is 233 g/mol. The van der Waals surface area contributed by atoms with Gasteiger partial charge in [0.05, 0.1) is 0 Å². The second-order valence-corrected chi connectivity index (χ2v) is 8.50. The Morgan fingerprint density at radius 2 is 1.40 bits per heavy atom. The van der Waals surface area contributed by atoms with Crippen LogP contribution in [0.1, 0.15) is 0 Å². The fraction of sp³-hybridized carbons (Fsp3) is 0.375. The van der Waals surface area contributed by atoms with Gasteiger partial charge in [0.25, 0.3) is 0 Å². The molecule has 10 heavy (non-hydrogen) atoms. The quantitative estimate of drug-likeness (QED) is 0.513.